The molecule has 0 saturated carbocycles. The van der Waals surface area contributed by atoms with Gasteiger partial charge in [-0.05, 0) is 50.1 Å². The molecule has 2 N–H and O–H groups in total. The molecule has 1 aliphatic rings. The van der Waals surface area contributed by atoms with Crippen molar-refractivity contribution >= 4 is 44.3 Å². The van der Waals surface area contributed by atoms with Crippen LogP contribution in [0.5, 0.6) is 0 Å². The molecule has 12 nitrogen and oxygen atoms in total. The number of sulfone groups is 1. The standard InChI is InChI=1S/C32H32FN5O7S/c1-32(2,3)45-31(41)34-9-7-8-18-10-24(33)28(36-13-18)38-15-20-14-35-27-26(20)23(16-37(4)29(27)39)22-11-19(17-46(6,42)43)21(12-25(22)38)30(40)44-5/h10-14,16,35H,9,15,17H2,1-6H3,(H,34,41). The number of halogens is 1. The van der Waals surface area contributed by atoms with E-state index in [1.165, 1.54) is 30.0 Å². The zero-order chi connectivity index (χ0) is 33.6. The number of fused-ring (bicyclic) bond motifs is 2. The Morgan fingerprint density at radius 3 is 2.59 bits per heavy atom. The smallest absolute Gasteiger partial charge is 0.408 e. The minimum atomic E-state index is -3.59. The first kappa shape index (κ1) is 32.2. The van der Waals surface area contributed by atoms with Gasteiger partial charge >= 0.3 is 12.1 Å². The first-order valence-electron chi connectivity index (χ1n) is 14.1. The van der Waals surface area contributed by atoms with Crippen molar-refractivity contribution in [1.82, 2.24) is 19.9 Å². The molecular weight excluding hydrogens is 617 g/mol. The quantitative estimate of drug-likeness (QED) is 0.242. The van der Waals surface area contributed by atoms with E-state index >= 15 is 4.39 Å². The summed E-state index contributed by atoms with van der Waals surface area (Å²) in [6, 6.07) is 4.22. The molecule has 4 heterocycles. The predicted molar refractivity (Wildman–Crippen MR) is 170 cm³/mol. The van der Waals surface area contributed by atoms with Crippen LogP contribution in [-0.4, -0.2) is 60.5 Å². The Labute approximate surface area is 264 Å². The van der Waals surface area contributed by atoms with E-state index in [-0.39, 0.29) is 41.2 Å². The molecule has 0 unspecified atom stereocenters. The Bertz CT molecular complexity index is 2140. The molecule has 1 aliphatic heterocycles. The topological polar surface area (TPSA) is 153 Å². The van der Waals surface area contributed by atoms with Crippen LogP contribution >= 0.6 is 0 Å². The second-order valence-corrected chi connectivity index (χ2v) is 14.0. The molecule has 240 valence electrons. The minimum absolute atomic E-state index is 0.00809. The molecule has 0 aliphatic carbocycles. The summed E-state index contributed by atoms with van der Waals surface area (Å²) in [6.07, 6.45) is 5.07. The maximum Gasteiger partial charge on any atom is 0.408 e. The number of benzene rings is 1. The number of H-pyrrole nitrogens is 1. The van der Waals surface area contributed by atoms with Crippen molar-refractivity contribution in [2.45, 2.75) is 38.7 Å². The van der Waals surface area contributed by atoms with Crippen LogP contribution in [0.1, 0.15) is 47.8 Å². The third-order valence-corrected chi connectivity index (χ3v) is 7.91. The fourth-order valence-electron chi connectivity index (χ4n) is 5.26. The molecule has 0 radical (unpaired) electrons. The Morgan fingerprint density at radius 1 is 1.20 bits per heavy atom. The van der Waals surface area contributed by atoms with Crippen molar-refractivity contribution in [3.05, 3.63) is 75.2 Å². The molecular formula is C32H32FN5O7S. The number of rotatable bonds is 5. The van der Waals surface area contributed by atoms with E-state index in [4.69, 9.17) is 9.47 Å². The lowest BCUT2D eigenvalue weighted by Gasteiger charge is -2.26. The number of hydrogen-bond acceptors (Lipinski definition) is 9. The van der Waals surface area contributed by atoms with Crippen LogP contribution in [0.3, 0.4) is 0 Å². The molecule has 14 heteroatoms. The number of nitrogens with one attached hydrogen (secondary N) is 2. The van der Waals surface area contributed by atoms with E-state index < -0.39 is 39.1 Å². The lowest BCUT2D eigenvalue weighted by molar-refractivity contribution is 0.0533. The van der Waals surface area contributed by atoms with E-state index in [2.05, 4.69) is 27.1 Å². The van der Waals surface area contributed by atoms with Crippen LogP contribution in [0.4, 0.5) is 20.7 Å². The number of aromatic amines is 1. The Balaban J connectivity index is 1.63. The highest BCUT2D eigenvalue weighted by Crippen LogP contribution is 2.45. The third kappa shape index (κ3) is 6.59. The number of aromatic nitrogens is 3. The largest absolute Gasteiger partial charge is 0.465 e. The van der Waals surface area contributed by atoms with Gasteiger partial charge in [0, 0.05) is 54.0 Å². The predicted octanol–water partition coefficient (Wildman–Crippen LogP) is 3.93. The van der Waals surface area contributed by atoms with Crippen molar-refractivity contribution in [3.8, 4) is 23.0 Å². The van der Waals surface area contributed by atoms with Crippen LogP contribution in [0.2, 0.25) is 0 Å². The van der Waals surface area contributed by atoms with Gasteiger partial charge in [-0.15, -0.1) is 0 Å². The fourth-order valence-corrected chi connectivity index (χ4v) is 6.06. The summed E-state index contributed by atoms with van der Waals surface area (Å²) in [6.45, 7) is 5.22. The SMILES string of the molecule is COC(=O)c1cc2c(cc1CS(C)(=O)=O)-c1cn(C)c(=O)c3[nH]cc(c13)CN2c1ncc(C#CCNC(=O)OC(C)(C)C)cc1F. The Morgan fingerprint density at radius 2 is 1.93 bits per heavy atom. The highest BCUT2D eigenvalue weighted by molar-refractivity contribution is 7.89. The molecule has 0 atom stereocenters. The van der Waals surface area contributed by atoms with Crippen molar-refractivity contribution in [3.63, 3.8) is 0 Å². The van der Waals surface area contributed by atoms with Crippen LogP contribution in [0.15, 0.2) is 41.6 Å². The zero-order valence-electron chi connectivity index (χ0n) is 26.1. The molecule has 3 aromatic heterocycles. The van der Waals surface area contributed by atoms with E-state index in [0.717, 1.165) is 6.26 Å². The summed E-state index contributed by atoms with van der Waals surface area (Å²) in [7, 11) is -0.820. The highest BCUT2D eigenvalue weighted by atomic mass is 32.2. The van der Waals surface area contributed by atoms with Gasteiger partial charge < -0.3 is 29.2 Å². The van der Waals surface area contributed by atoms with Gasteiger partial charge in [0.05, 0.1) is 37.2 Å². The van der Waals surface area contributed by atoms with Gasteiger partial charge in [-0.2, -0.15) is 0 Å². The molecule has 1 amide bonds. The lowest BCUT2D eigenvalue weighted by Crippen LogP contribution is -2.32. The first-order valence-corrected chi connectivity index (χ1v) is 16.1. The van der Waals surface area contributed by atoms with Gasteiger partial charge in [0.1, 0.15) is 11.1 Å². The van der Waals surface area contributed by atoms with Crippen molar-refractivity contribution in [1.29, 1.82) is 0 Å². The summed E-state index contributed by atoms with van der Waals surface area (Å²) in [5.41, 5.74) is 1.85. The Hall–Kier alpha value is -5.16. The third-order valence-electron chi connectivity index (χ3n) is 7.07. The van der Waals surface area contributed by atoms with Gasteiger partial charge in [-0.25, -0.2) is 27.4 Å². The summed E-state index contributed by atoms with van der Waals surface area (Å²) in [4.78, 5) is 46.7. The van der Waals surface area contributed by atoms with Gasteiger partial charge in [-0.1, -0.05) is 11.8 Å². The summed E-state index contributed by atoms with van der Waals surface area (Å²) >= 11 is 0. The molecule has 4 aromatic rings. The maximum atomic E-state index is 15.9. The number of aryl methyl sites for hydroxylation is 1. The number of carbonyl (C=O) groups is 2. The normalized spacial score (nSPS) is 12.5. The van der Waals surface area contributed by atoms with Crippen molar-refractivity contribution in [2.75, 3.05) is 24.8 Å². The van der Waals surface area contributed by atoms with E-state index in [0.29, 0.717) is 33.3 Å². The molecule has 5 rings (SSSR count). The maximum absolute atomic E-state index is 15.9. The number of pyridine rings is 2. The van der Waals surface area contributed by atoms with Gasteiger partial charge in [0.2, 0.25) is 0 Å². The van der Waals surface area contributed by atoms with Gasteiger partial charge in [0.15, 0.2) is 21.5 Å². The molecule has 0 bridgehead atoms. The second kappa shape index (κ2) is 12.0. The summed E-state index contributed by atoms with van der Waals surface area (Å²) in [5, 5.41) is 3.09. The average molecular weight is 650 g/mol. The van der Waals surface area contributed by atoms with E-state index in [1.807, 2.05) is 0 Å². The zero-order valence-corrected chi connectivity index (χ0v) is 26.9. The second-order valence-electron chi connectivity index (χ2n) is 11.9. The van der Waals surface area contributed by atoms with Crippen molar-refractivity contribution < 1.29 is 31.9 Å². The fraction of sp³-hybridized carbons (Fsp3) is 0.312. The van der Waals surface area contributed by atoms with Crippen molar-refractivity contribution in [2.24, 2.45) is 7.05 Å². The monoisotopic (exact) mass is 649 g/mol. The van der Waals surface area contributed by atoms with E-state index in [9.17, 15) is 22.8 Å². The number of ether oxygens (including phenoxy) is 2. The number of hydrogen-bond donors (Lipinski definition) is 2. The molecule has 0 spiro atoms. The first-order chi connectivity index (χ1) is 21.6. The summed E-state index contributed by atoms with van der Waals surface area (Å²) in [5.74, 6) is 3.44. The number of carbonyl (C=O) groups excluding carboxylic acids is 2. The van der Waals surface area contributed by atoms with Crippen LogP contribution in [0, 0.1) is 17.7 Å². The van der Waals surface area contributed by atoms with Crippen LogP contribution < -0.4 is 15.8 Å². The van der Waals surface area contributed by atoms with Gasteiger partial charge in [0.25, 0.3) is 5.56 Å². The molecule has 0 fully saturated rings. The Kier molecular flexibility index (Phi) is 8.39. The van der Waals surface area contributed by atoms with Gasteiger partial charge in [-0.3, -0.25) is 4.79 Å². The lowest BCUT2D eigenvalue weighted by atomic mass is 9.96. The number of methoxy groups -OCH3 is 1. The number of amides is 1. The number of anilines is 2. The molecule has 1 aromatic carbocycles. The highest BCUT2D eigenvalue weighted by Gasteiger charge is 2.30. The molecule has 0 saturated heterocycles. The molecule has 46 heavy (non-hydrogen) atoms. The number of esters is 1. The number of nitrogens with zero attached hydrogens (tertiary/aromatic N) is 3. The summed E-state index contributed by atoms with van der Waals surface area (Å²) < 4.78 is 52.2. The van der Waals surface area contributed by atoms with Crippen LogP contribution in [0.25, 0.3) is 22.0 Å². The van der Waals surface area contributed by atoms with Crippen LogP contribution in [-0.2, 0) is 38.7 Å². The van der Waals surface area contributed by atoms with E-state index in [1.54, 1.807) is 51.2 Å². The number of alkyl carbamates (subject to hydrolysis) is 1. The minimum Gasteiger partial charge on any atom is -0.465 e. The average Bonchev–Trinajstić information content (AvgIpc) is 3.33.